The lowest BCUT2D eigenvalue weighted by Gasteiger charge is -2.17. The first-order chi connectivity index (χ1) is 10.5. The minimum absolute atomic E-state index is 0.0695. The highest BCUT2D eigenvalue weighted by Gasteiger charge is 2.11. The largest absolute Gasteiger partial charge is 0.325 e. The number of aromatic nitrogens is 1. The summed E-state index contributed by atoms with van der Waals surface area (Å²) in [6, 6.07) is 9.33. The highest BCUT2D eigenvalue weighted by atomic mass is 79.9. The van der Waals surface area contributed by atoms with E-state index >= 15 is 0 Å². The Kier molecular flexibility index (Phi) is 5.94. The quantitative estimate of drug-likeness (QED) is 0.853. The molecule has 0 aliphatic carbocycles. The van der Waals surface area contributed by atoms with Crippen molar-refractivity contribution in [1.29, 1.82) is 0 Å². The van der Waals surface area contributed by atoms with Crippen molar-refractivity contribution in [3.05, 3.63) is 57.3 Å². The van der Waals surface area contributed by atoms with Crippen molar-refractivity contribution in [3.63, 3.8) is 0 Å². The van der Waals surface area contributed by atoms with E-state index in [1.807, 2.05) is 37.1 Å². The molecule has 2 aromatic rings. The number of hydrogen-bond acceptors (Lipinski definition) is 3. The van der Waals surface area contributed by atoms with Gasteiger partial charge in [0.25, 0.3) is 0 Å². The van der Waals surface area contributed by atoms with Gasteiger partial charge in [-0.25, -0.2) is 0 Å². The van der Waals surface area contributed by atoms with Gasteiger partial charge in [-0.3, -0.25) is 14.7 Å². The van der Waals surface area contributed by atoms with Crippen LogP contribution in [0.15, 0.2) is 41.0 Å². The van der Waals surface area contributed by atoms with Gasteiger partial charge in [0.2, 0.25) is 5.91 Å². The first kappa shape index (κ1) is 16.9. The molecule has 1 N–H and O–H groups in total. The lowest BCUT2D eigenvalue weighted by Crippen LogP contribution is -2.30. The Labute approximate surface area is 143 Å². The number of likely N-dealkylation sites (N-methyl/N-ethyl adjacent to an activating group) is 1. The van der Waals surface area contributed by atoms with Crippen LogP contribution >= 0.6 is 27.5 Å². The number of rotatable bonds is 5. The Morgan fingerprint density at radius 3 is 2.86 bits per heavy atom. The molecule has 0 aliphatic heterocycles. The summed E-state index contributed by atoms with van der Waals surface area (Å²) in [6.45, 7) is 2.74. The van der Waals surface area contributed by atoms with Gasteiger partial charge in [-0.05, 0) is 49.9 Å². The van der Waals surface area contributed by atoms with Crippen LogP contribution in [0.4, 0.5) is 5.69 Å². The summed E-state index contributed by atoms with van der Waals surface area (Å²) < 4.78 is 0.991. The topological polar surface area (TPSA) is 45.2 Å². The molecule has 1 aromatic heterocycles. The van der Waals surface area contributed by atoms with Crippen LogP contribution in [0.2, 0.25) is 5.02 Å². The highest BCUT2D eigenvalue weighted by molar-refractivity contribution is 9.10. The summed E-state index contributed by atoms with van der Waals surface area (Å²) in [5.74, 6) is -0.0695. The van der Waals surface area contributed by atoms with Crippen LogP contribution in [0.1, 0.15) is 11.3 Å². The maximum Gasteiger partial charge on any atom is 0.238 e. The lowest BCUT2D eigenvalue weighted by atomic mass is 10.2. The van der Waals surface area contributed by atoms with E-state index < -0.39 is 0 Å². The zero-order chi connectivity index (χ0) is 16.1. The van der Waals surface area contributed by atoms with Gasteiger partial charge in [0.15, 0.2) is 0 Å². The van der Waals surface area contributed by atoms with Gasteiger partial charge in [0.1, 0.15) is 0 Å². The highest BCUT2D eigenvalue weighted by Crippen LogP contribution is 2.20. The molecule has 1 aromatic carbocycles. The van der Waals surface area contributed by atoms with Gasteiger partial charge in [-0.1, -0.05) is 27.5 Å². The van der Waals surface area contributed by atoms with E-state index in [-0.39, 0.29) is 12.5 Å². The van der Waals surface area contributed by atoms with Crippen molar-refractivity contribution in [2.24, 2.45) is 0 Å². The van der Waals surface area contributed by atoms with Gasteiger partial charge in [0, 0.05) is 22.9 Å². The maximum absolute atomic E-state index is 12.1. The second-order valence-corrected chi connectivity index (χ2v) is 6.43. The summed E-state index contributed by atoms with van der Waals surface area (Å²) >= 11 is 9.48. The fourth-order valence-corrected chi connectivity index (χ4v) is 2.71. The molecule has 0 radical (unpaired) electrons. The fraction of sp³-hybridized carbons (Fsp3) is 0.250. The number of amides is 1. The molecule has 0 unspecified atom stereocenters. The molecule has 4 nitrogen and oxygen atoms in total. The van der Waals surface area contributed by atoms with Crippen molar-refractivity contribution >= 4 is 39.1 Å². The Morgan fingerprint density at radius 1 is 1.41 bits per heavy atom. The molecule has 2 rings (SSSR count). The number of pyridine rings is 1. The SMILES string of the molecule is Cc1cc(Br)ccc1NC(=O)CN(C)Cc1ncccc1Cl. The van der Waals surface area contributed by atoms with Crippen LogP contribution in [0.5, 0.6) is 0 Å². The second-order valence-electron chi connectivity index (χ2n) is 5.11. The predicted octanol–water partition coefficient (Wildman–Crippen LogP) is 3.88. The van der Waals surface area contributed by atoms with Crippen molar-refractivity contribution in [2.75, 3.05) is 18.9 Å². The minimum Gasteiger partial charge on any atom is -0.325 e. The molecule has 0 saturated heterocycles. The number of carbonyl (C=O) groups is 1. The molecule has 6 heteroatoms. The number of anilines is 1. The number of carbonyl (C=O) groups excluding carboxylic acids is 1. The van der Waals surface area contributed by atoms with Crippen LogP contribution in [0, 0.1) is 6.92 Å². The summed E-state index contributed by atoms with van der Waals surface area (Å²) in [5, 5.41) is 3.52. The molecule has 0 bridgehead atoms. The van der Waals surface area contributed by atoms with Crippen molar-refractivity contribution < 1.29 is 4.79 Å². The van der Waals surface area contributed by atoms with E-state index in [4.69, 9.17) is 11.6 Å². The zero-order valence-electron chi connectivity index (χ0n) is 12.4. The summed E-state index contributed by atoms with van der Waals surface area (Å²) in [6.07, 6.45) is 1.69. The van der Waals surface area contributed by atoms with E-state index in [0.717, 1.165) is 21.4 Å². The van der Waals surface area contributed by atoms with Crippen molar-refractivity contribution in [3.8, 4) is 0 Å². The van der Waals surface area contributed by atoms with E-state index in [1.54, 1.807) is 18.3 Å². The normalized spacial score (nSPS) is 10.8. The Bertz CT molecular complexity index is 678. The smallest absolute Gasteiger partial charge is 0.238 e. The van der Waals surface area contributed by atoms with Gasteiger partial charge < -0.3 is 5.32 Å². The van der Waals surface area contributed by atoms with Crippen LogP contribution in [-0.2, 0) is 11.3 Å². The number of nitrogens with zero attached hydrogens (tertiary/aromatic N) is 2. The summed E-state index contributed by atoms with van der Waals surface area (Å²) in [5.41, 5.74) is 2.59. The Balaban J connectivity index is 1.93. The zero-order valence-corrected chi connectivity index (χ0v) is 14.8. The van der Waals surface area contributed by atoms with Gasteiger partial charge in [0.05, 0.1) is 17.3 Å². The molecular weight excluding hydrogens is 366 g/mol. The van der Waals surface area contributed by atoms with Crippen molar-refractivity contribution in [1.82, 2.24) is 9.88 Å². The molecule has 116 valence electrons. The first-order valence-electron chi connectivity index (χ1n) is 6.79. The molecule has 0 saturated carbocycles. The lowest BCUT2D eigenvalue weighted by molar-refractivity contribution is -0.117. The third-order valence-corrected chi connectivity index (χ3v) is 3.97. The van der Waals surface area contributed by atoms with Crippen molar-refractivity contribution in [2.45, 2.75) is 13.5 Å². The minimum atomic E-state index is -0.0695. The van der Waals surface area contributed by atoms with E-state index in [2.05, 4.69) is 26.2 Å². The molecule has 1 heterocycles. The number of nitrogens with one attached hydrogen (secondary N) is 1. The molecule has 22 heavy (non-hydrogen) atoms. The molecular formula is C16H17BrClN3O. The van der Waals surface area contributed by atoms with Gasteiger partial charge in [-0.2, -0.15) is 0 Å². The predicted molar refractivity (Wildman–Crippen MR) is 93.1 cm³/mol. The number of aryl methyl sites for hydroxylation is 1. The monoisotopic (exact) mass is 381 g/mol. The third-order valence-electron chi connectivity index (χ3n) is 3.13. The number of hydrogen-bond donors (Lipinski definition) is 1. The summed E-state index contributed by atoms with van der Waals surface area (Å²) in [4.78, 5) is 18.2. The second kappa shape index (κ2) is 7.72. The van der Waals surface area contributed by atoms with Crippen LogP contribution < -0.4 is 5.32 Å². The fourth-order valence-electron chi connectivity index (χ4n) is 2.05. The van der Waals surface area contributed by atoms with E-state index in [0.29, 0.717) is 11.6 Å². The van der Waals surface area contributed by atoms with Crippen LogP contribution in [0.3, 0.4) is 0 Å². The average molecular weight is 383 g/mol. The van der Waals surface area contributed by atoms with Gasteiger partial charge >= 0.3 is 0 Å². The number of benzene rings is 1. The van der Waals surface area contributed by atoms with E-state index in [9.17, 15) is 4.79 Å². The average Bonchev–Trinajstić information content (AvgIpc) is 2.44. The molecule has 0 fully saturated rings. The standard InChI is InChI=1S/C16H17BrClN3O/c1-11-8-12(17)5-6-14(11)20-16(22)10-21(2)9-15-13(18)4-3-7-19-15/h3-8H,9-10H2,1-2H3,(H,20,22). The summed E-state index contributed by atoms with van der Waals surface area (Å²) in [7, 11) is 1.86. The van der Waals surface area contributed by atoms with Crippen LogP contribution in [0.25, 0.3) is 0 Å². The molecule has 1 amide bonds. The number of halogens is 2. The van der Waals surface area contributed by atoms with E-state index in [1.165, 1.54) is 0 Å². The Hall–Kier alpha value is -1.43. The maximum atomic E-state index is 12.1. The van der Waals surface area contributed by atoms with Crippen LogP contribution in [-0.4, -0.2) is 29.4 Å². The molecule has 0 aliphatic rings. The first-order valence-corrected chi connectivity index (χ1v) is 7.97. The van der Waals surface area contributed by atoms with Gasteiger partial charge in [-0.15, -0.1) is 0 Å². The Morgan fingerprint density at radius 2 is 2.18 bits per heavy atom. The third kappa shape index (κ3) is 4.80. The molecule has 0 atom stereocenters. The molecule has 0 spiro atoms.